The first kappa shape index (κ1) is 25.1. The summed E-state index contributed by atoms with van der Waals surface area (Å²) in [5.74, 6) is 0.918. The Morgan fingerprint density at radius 1 is 0.707 bits per heavy atom. The predicted molar refractivity (Wildman–Crippen MR) is 176 cm³/mol. The molecular weight excluding hydrogens is 520 g/mol. The number of nitrogens with zero attached hydrogens (tertiary/aromatic N) is 2. The number of benzene rings is 5. The molecule has 0 saturated heterocycles. The van der Waals surface area contributed by atoms with E-state index in [1.807, 2.05) is 0 Å². The molecule has 7 rings (SSSR count). The van der Waals surface area contributed by atoms with Crippen molar-refractivity contribution in [2.75, 3.05) is 11.1 Å². The fourth-order valence-corrected chi connectivity index (χ4v) is 6.55. The van der Waals surface area contributed by atoms with E-state index in [4.69, 9.17) is 10.7 Å². The molecule has 0 fully saturated rings. The number of fused-ring (bicyclic) bond motifs is 2. The van der Waals surface area contributed by atoms with Crippen LogP contribution in [0.5, 0.6) is 0 Å². The maximum absolute atomic E-state index is 6.45. The molecule has 2 aromatic heterocycles. The molecule has 0 atom stereocenters. The molecule has 0 aliphatic heterocycles. The van der Waals surface area contributed by atoms with Gasteiger partial charge in [0, 0.05) is 32.9 Å². The standard InChI is InChI=1S/C36H30N4S/c1-23(2)38-33-30-22-25(20-21-32(30)41-35(33)37)28-18-11-19-31-34(28)40(26-14-7-4-8-15-26)36(39-31)29-17-10-9-16-27(29)24-12-5-3-6-13-24/h3-23,38H,37H2,1-2H3. The van der Waals surface area contributed by atoms with Crippen molar-refractivity contribution in [3.8, 4) is 39.3 Å². The molecular formula is C36H30N4S. The van der Waals surface area contributed by atoms with Gasteiger partial charge in [0.1, 0.15) is 10.8 Å². The van der Waals surface area contributed by atoms with Crippen LogP contribution in [0.4, 0.5) is 10.7 Å². The molecule has 0 amide bonds. The lowest BCUT2D eigenvalue weighted by molar-refractivity contribution is 0.903. The monoisotopic (exact) mass is 550 g/mol. The number of thiophene rings is 1. The van der Waals surface area contributed by atoms with E-state index in [1.165, 1.54) is 10.3 Å². The second kappa shape index (κ2) is 10.3. The van der Waals surface area contributed by atoms with Gasteiger partial charge < -0.3 is 11.1 Å². The van der Waals surface area contributed by atoms with Crippen LogP contribution in [0.3, 0.4) is 0 Å². The van der Waals surface area contributed by atoms with Crippen molar-refractivity contribution in [2.24, 2.45) is 0 Å². The number of nitrogens with one attached hydrogen (secondary N) is 1. The van der Waals surface area contributed by atoms with Crippen molar-refractivity contribution in [2.45, 2.75) is 19.9 Å². The molecule has 200 valence electrons. The van der Waals surface area contributed by atoms with Gasteiger partial charge in [0.15, 0.2) is 0 Å². The Morgan fingerprint density at radius 3 is 2.15 bits per heavy atom. The van der Waals surface area contributed by atoms with Gasteiger partial charge in [-0.1, -0.05) is 91.0 Å². The Balaban J connectivity index is 1.52. The summed E-state index contributed by atoms with van der Waals surface area (Å²) >= 11 is 1.63. The predicted octanol–water partition coefficient (Wildman–Crippen LogP) is 9.64. The van der Waals surface area contributed by atoms with E-state index in [0.717, 1.165) is 60.9 Å². The Labute approximate surface area is 243 Å². The smallest absolute Gasteiger partial charge is 0.146 e. The van der Waals surface area contributed by atoms with Crippen LogP contribution >= 0.6 is 11.3 Å². The second-order valence-corrected chi connectivity index (χ2v) is 11.6. The van der Waals surface area contributed by atoms with Crippen LogP contribution in [-0.4, -0.2) is 15.6 Å². The van der Waals surface area contributed by atoms with Crippen molar-refractivity contribution in [1.29, 1.82) is 0 Å². The van der Waals surface area contributed by atoms with Crippen molar-refractivity contribution >= 4 is 43.1 Å². The Morgan fingerprint density at radius 2 is 1.39 bits per heavy atom. The molecule has 0 aliphatic rings. The van der Waals surface area contributed by atoms with Crippen LogP contribution in [0, 0.1) is 0 Å². The minimum Gasteiger partial charge on any atom is -0.389 e. The lowest BCUT2D eigenvalue weighted by Crippen LogP contribution is -2.10. The molecule has 7 aromatic rings. The highest BCUT2D eigenvalue weighted by Crippen LogP contribution is 2.43. The average molecular weight is 551 g/mol. The van der Waals surface area contributed by atoms with Crippen molar-refractivity contribution in [3.05, 3.63) is 121 Å². The number of para-hydroxylation sites is 2. The molecule has 0 bridgehead atoms. The third-order valence-electron chi connectivity index (χ3n) is 7.40. The number of anilines is 2. The van der Waals surface area contributed by atoms with Gasteiger partial charge in [0.2, 0.25) is 0 Å². The van der Waals surface area contributed by atoms with E-state index in [2.05, 4.69) is 145 Å². The van der Waals surface area contributed by atoms with Crippen molar-refractivity contribution in [1.82, 2.24) is 9.55 Å². The van der Waals surface area contributed by atoms with Crippen LogP contribution in [-0.2, 0) is 0 Å². The molecule has 0 unspecified atom stereocenters. The lowest BCUT2D eigenvalue weighted by atomic mass is 9.99. The van der Waals surface area contributed by atoms with E-state index in [9.17, 15) is 0 Å². The van der Waals surface area contributed by atoms with E-state index >= 15 is 0 Å². The van der Waals surface area contributed by atoms with E-state index in [1.54, 1.807) is 11.3 Å². The number of rotatable bonds is 6. The topological polar surface area (TPSA) is 55.9 Å². The first-order valence-electron chi connectivity index (χ1n) is 13.9. The number of nitrogens with two attached hydrogens (primary N) is 1. The van der Waals surface area contributed by atoms with Gasteiger partial charge in [-0.25, -0.2) is 4.98 Å². The van der Waals surface area contributed by atoms with Crippen LogP contribution in [0.15, 0.2) is 121 Å². The van der Waals surface area contributed by atoms with Gasteiger partial charge in [-0.2, -0.15) is 0 Å². The molecule has 3 N–H and O–H groups in total. The third-order valence-corrected chi connectivity index (χ3v) is 8.40. The fourth-order valence-electron chi connectivity index (χ4n) is 5.64. The Kier molecular flexibility index (Phi) is 6.29. The first-order chi connectivity index (χ1) is 20.1. The summed E-state index contributed by atoms with van der Waals surface area (Å²) < 4.78 is 3.49. The summed E-state index contributed by atoms with van der Waals surface area (Å²) in [4.78, 5) is 5.29. The number of aromatic nitrogens is 2. The van der Waals surface area contributed by atoms with Gasteiger partial charge in [0.05, 0.1) is 16.7 Å². The van der Waals surface area contributed by atoms with E-state index in [0.29, 0.717) is 0 Å². The van der Waals surface area contributed by atoms with Crippen LogP contribution in [0.25, 0.3) is 60.4 Å². The highest BCUT2D eigenvalue weighted by Gasteiger charge is 2.21. The van der Waals surface area contributed by atoms with Gasteiger partial charge in [0.25, 0.3) is 0 Å². The van der Waals surface area contributed by atoms with Gasteiger partial charge in [-0.15, -0.1) is 11.3 Å². The number of imidazole rings is 1. The summed E-state index contributed by atoms with van der Waals surface area (Å²) in [7, 11) is 0. The number of nitrogen functional groups attached to an aromatic ring is 1. The number of hydrogen-bond donors (Lipinski definition) is 2. The highest BCUT2D eigenvalue weighted by atomic mass is 32.1. The maximum atomic E-state index is 6.45. The summed E-state index contributed by atoms with van der Waals surface area (Å²) in [6.45, 7) is 4.28. The molecule has 0 saturated carbocycles. The molecule has 2 heterocycles. The van der Waals surface area contributed by atoms with Gasteiger partial charge in [-0.3, -0.25) is 4.57 Å². The minimum atomic E-state index is 0.286. The number of hydrogen-bond acceptors (Lipinski definition) is 4. The summed E-state index contributed by atoms with van der Waals surface area (Å²) in [6.07, 6.45) is 0. The van der Waals surface area contributed by atoms with Crippen molar-refractivity contribution < 1.29 is 0 Å². The minimum absolute atomic E-state index is 0.286. The van der Waals surface area contributed by atoms with Crippen molar-refractivity contribution in [3.63, 3.8) is 0 Å². The lowest BCUT2D eigenvalue weighted by Gasteiger charge is -2.15. The molecule has 5 aromatic carbocycles. The quantitative estimate of drug-likeness (QED) is 0.217. The zero-order chi connectivity index (χ0) is 27.9. The molecule has 0 radical (unpaired) electrons. The van der Waals surface area contributed by atoms with E-state index < -0.39 is 0 Å². The first-order valence-corrected chi connectivity index (χ1v) is 14.7. The SMILES string of the molecule is CC(C)Nc1c(N)sc2ccc(-c3cccc4nc(-c5ccccc5-c5ccccc5)n(-c5ccccc5)c34)cc12. The van der Waals surface area contributed by atoms with Crippen LogP contribution < -0.4 is 11.1 Å². The van der Waals surface area contributed by atoms with E-state index in [-0.39, 0.29) is 6.04 Å². The Bertz CT molecular complexity index is 2000. The maximum Gasteiger partial charge on any atom is 0.146 e. The average Bonchev–Trinajstić information content (AvgIpc) is 3.55. The third kappa shape index (κ3) is 4.45. The summed E-state index contributed by atoms with van der Waals surface area (Å²) in [5, 5.41) is 5.53. The largest absolute Gasteiger partial charge is 0.389 e. The molecule has 41 heavy (non-hydrogen) atoms. The van der Waals surface area contributed by atoms with Crippen LogP contribution in [0.1, 0.15) is 13.8 Å². The second-order valence-electron chi connectivity index (χ2n) is 10.5. The zero-order valence-corrected chi connectivity index (χ0v) is 23.8. The summed E-state index contributed by atoms with van der Waals surface area (Å²) in [5.41, 5.74) is 16.3. The van der Waals surface area contributed by atoms with Gasteiger partial charge in [-0.05, 0) is 60.9 Å². The Hall–Kier alpha value is -4.87. The molecule has 0 aliphatic carbocycles. The normalized spacial score (nSPS) is 11.5. The molecule has 4 nitrogen and oxygen atoms in total. The zero-order valence-electron chi connectivity index (χ0n) is 23.0. The fraction of sp³-hybridized carbons (Fsp3) is 0.0833. The highest BCUT2D eigenvalue weighted by molar-refractivity contribution is 7.23. The molecule has 0 spiro atoms. The summed E-state index contributed by atoms with van der Waals surface area (Å²) in [6, 6.07) is 43.0. The van der Waals surface area contributed by atoms with Gasteiger partial charge >= 0.3 is 0 Å². The molecule has 5 heteroatoms. The van der Waals surface area contributed by atoms with Crippen LogP contribution in [0.2, 0.25) is 0 Å².